The maximum absolute atomic E-state index is 9.23. The van der Waals surface area contributed by atoms with Crippen molar-refractivity contribution in [3.8, 4) is 0 Å². The minimum absolute atomic E-state index is 0.149. The highest BCUT2D eigenvalue weighted by Gasteiger charge is 2.15. The average molecular weight is 138 g/mol. The molecule has 1 atom stereocenters. The summed E-state index contributed by atoms with van der Waals surface area (Å²) in [6.07, 6.45) is 3.24. The number of rotatable bonds is 0. The van der Waals surface area contributed by atoms with Gasteiger partial charge >= 0.3 is 0 Å². The lowest BCUT2D eigenvalue weighted by atomic mass is 10.1. The summed E-state index contributed by atoms with van der Waals surface area (Å²) in [6, 6.07) is 1.96. The second-order valence-electron chi connectivity index (χ2n) is 2.69. The first-order chi connectivity index (χ1) is 4.86. The van der Waals surface area contributed by atoms with E-state index in [9.17, 15) is 5.11 Å². The number of hydrogen-bond acceptors (Lipinski definition) is 2. The number of nitrogens with zero attached hydrogens (tertiary/aromatic N) is 2. The maximum Gasteiger partial charge on any atom is 0.0613 e. The van der Waals surface area contributed by atoms with E-state index in [0.717, 1.165) is 25.1 Å². The molecule has 2 rings (SSSR count). The maximum atomic E-state index is 9.23. The summed E-state index contributed by atoms with van der Waals surface area (Å²) in [4.78, 5) is 0. The molecule has 3 nitrogen and oxygen atoms in total. The normalized spacial score (nSPS) is 24.3. The highest BCUT2D eigenvalue weighted by molar-refractivity contribution is 5.04. The summed E-state index contributed by atoms with van der Waals surface area (Å²) in [7, 11) is 0. The Bertz CT molecular complexity index is 231. The molecule has 0 saturated carbocycles. The molecule has 1 aromatic rings. The van der Waals surface area contributed by atoms with E-state index in [1.54, 1.807) is 6.20 Å². The molecule has 1 aliphatic rings. The average Bonchev–Trinajstić information content (AvgIpc) is 2.33. The molecule has 0 saturated heterocycles. The number of fused-ring (bicyclic) bond motifs is 1. The molecule has 0 aromatic carbocycles. The Morgan fingerprint density at radius 2 is 2.60 bits per heavy atom. The van der Waals surface area contributed by atoms with Crippen molar-refractivity contribution in [2.75, 3.05) is 0 Å². The highest BCUT2D eigenvalue weighted by Crippen LogP contribution is 2.12. The molecule has 0 spiro atoms. The van der Waals surface area contributed by atoms with Crippen LogP contribution in [0.4, 0.5) is 0 Å². The monoisotopic (exact) mass is 138 g/mol. The van der Waals surface area contributed by atoms with E-state index < -0.39 is 0 Å². The first-order valence-electron chi connectivity index (χ1n) is 3.55. The Hall–Kier alpha value is -0.830. The highest BCUT2D eigenvalue weighted by atomic mass is 16.3. The fourth-order valence-electron chi connectivity index (χ4n) is 1.35. The van der Waals surface area contributed by atoms with Crippen LogP contribution in [0.3, 0.4) is 0 Å². The molecule has 2 heterocycles. The lowest BCUT2D eigenvalue weighted by molar-refractivity contribution is 0.140. The molecule has 3 heteroatoms. The van der Waals surface area contributed by atoms with Crippen LogP contribution in [-0.2, 0) is 13.0 Å². The molecule has 54 valence electrons. The Morgan fingerprint density at radius 3 is 3.50 bits per heavy atom. The summed E-state index contributed by atoms with van der Waals surface area (Å²) in [6.45, 7) is 0.865. The Kier molecular flexibility index (Phi) is 1.24. The fraction of sp³-hybridized carbons (Fsp3) is 0.571. The second kappa shape index (κ2) is 2.09. The molecular weight excluding hydrogens is 128 g/mol. The number of aromatic nitrogens is 2. The van der Waals surface area contributed by atoms with E-state index in [2.05, 4.69) is 5.10 Å². The lowest BCUT2D eigenvalue weighted by Gasteiger charge is -2.18. The van der Waals surface area contributed by atoms with E-state index >= 15 is 0 Å². The van der Waals surface area contributed by atoms with Gasteiger partial charge in [0.15, 0.2) is 0 Å². The van der Waals surface area contributed by atoms with Crippen molar-refractivity contribution in [1.82, 2.24) is 9.78 Å². The molecule has 1 aromatic heterocycles. The summed E-state index contributed by atoms with van der Waals surface area (Å²) < 4.78 is 1.95. The van der Waals surface area contributed by atoms with Gasteiger partial charge in [-0.3, -0.25) is 4.68 Å². The van der Waals surface area contributed by atoms with Crippen LogP contribution in [-0.4, -0.2) is 21.0 Å². The van der Waals surface area contributed by atoms with Crippen molar-refractivity contribution in [1.29, 1.82) is 0 Å². The number of aryl methyl sites for hydroxylation is 1. The molecule has 10 heavy (non-hydrogen) atoms. The minimum Gasteiger partial charge on any atom is -0.393 e. The van der Waals surface area contributed by atoms with E-state index in [1.165, 1.54) is 0 Å². The van der Waals surface area contributed by atoms with Crippen LogP contribution in [0.15, 0.2) is 12.3 Å². The van der Waals surface area contributed by atoms with Gasteiger partial charge in [-0.15, -0.1) is 0 Å². The minimum atomic E-state index is -0.149. The van der Waals surface area contributed by atoms with Crippen LogP contribution in [0, 0.1) is 0 Å². The van der Waals surface area contributed by atoms with Gasteiger partial charge in [0, 0.05) is 24.9 Å². The quantitative estimate of drug-likeness (QED) is 0.555. The first-order valence-corrected chi connectivity index (χ1v) is 3.55. The van der Waals surface area contributed by atoms with Gasteiger partial charge in [0.1, 0.15) is 0 Å². The standard InChI is InChI=1S/C7H10N2O/c10-7-2-4-9-6(5-7)1-3-8-9/h1,3,7,10H,2,4-5H2/t7-/m1/s1. The smallest absolute Gasteiger partial charge is 0.0613 e. The molecule has 1 N–H and O–H groups in total. The van der Waals surface area contributed by atoms with Gasteiger partial charge in [-0.25, -0.2) is 0 Å². The molecule has 0 bridgehead atoms. The first kappa shape index (κ1) is 5.92. The van der Waals surface area contributed by atoms with E-state index in [1.807, 2.05) is 10.7 Å². The van der Waals surface area contributed by atoms with Crippen molar-refractivity contribution >= 4 is 0 Å². The zero-order valence-electron chi connectivity index (χ0n) is 5.70. The number of aliphatic hydroxyl groups excluding tert-OH is 1. The SMILES string of the molecule is O[C@@H]1CCn2nccc2C1. The van der Waals surface area contributed by atoms with Crippen molar-refractivity contribution in [2.45, 2.75) is 25.5 Å². The predicted octanol–water partition coefficient (Wildman–Crippen LogP) is 0.190. The zero-order chi connectivity index (χ0) is 6.97. The fourth-order valence-corrected chi connectivity index (χ4v) is 1.35. The van der Waals surface area contributed by atoms with Gasteiger partial charge in [-0.05, 0) is 12.5 Å². The lowest BCUT2D eigenvalue weighted by Crippen LogP contribution is -2.23. The van der Waals surface area contributed by atoms with Gasteiger partial charge < -0.3 is 5.11 Å². The summed E-state index contributed by atoms with van der Waals surface area (Å²) in [5.41, 5.74) is 1.15. The second-order valence-corrected chi connectivity index (χ2v) is 2.69. The molecule has 0 fully saturated rings. The molecule has 0 unspecified atom stereocenters. The van der Waals surface area contributed by atoms with Gasteiger partial charge in [-0.2, -0.15) is 5.10 Å². The largest absolute Gasteiger partial charge is 0.393 e. The van der Waals surface area contributed by atoms with Crippen LogP contribution in [0.5, 0.6) is 0 Å². The van der Waals surface area contributed by atoms with Crippen molar-refractivity contribution in [2.24, 2.45) is 0 Å². The summed E-state index contributed by atoms with van der Waals surface area (Å²) >= 11 is 0. The summed E-state index contributed by atoms with van der Waals surface area (Å²) in [5.74, 6) is 0. The third-order valence-corrected chi connectivity index (χ3v) is 1.92. The molecule has 1 aliphatic heterocycles. The van der Waals surface area contributed by atoms with Crippen molar-refractivity contribution in [3.63, 3.8) is 0 Å². The van der Waals surface area contributed by atoms with Crippen LogP contribution < -0.4 is 0 Å². The van der Waals surface area contributed by atoms with Crippen molar-refractivity contribution in [3.05, 3.63) is 18.0 Å². The topological polar surface area (TPSA) is 38.0 Å². The van der Waals surface area contributed by atoms with Gasteiger partial charge in [-0.1, -0.05) is 0 Å². The zero-order valence-corrected chi connectivity index (χ0v) is 5.70. The molecular formula is C7H10N2O. The van der Waals surface area contributed by atoms with Gasteiger partial charge in [0.2, 0.25) is 0 Å². The number of aliphatic hydroxyl groups is 1. The predicted molar refractivity (Wildman–Crippen MR) is 36.6 cm³/mol. The van der Waals surface area contributed by atoms with Crippen LogP contribution in [0.2, 0.25) is 0 Å². The molecule has 0 aliphatic carbocycles. The Morgan fingerprint density at radius 1 is 1.70 bits per heavy atom. The van der Waals surface area contributed by atoms with E-state index in [0.29, 0.717) is 0 Å². The van der Waals surface area contributed by atoms with Gasteiger partial charge in [0.25, 0.3) is 0 Å². The van der Waals surface area contributed by atoms with Crippen LogP contribution >= 0.6 is 0 Å². The Balaban J connectivity index is 2.30. The third-order valence-electron chi connectivity index (χ3n) is 1.92. The van der Waals surface area contributed by atoms with Gasteiger partial charge in [0.05, 0.1) is 6.10 Å². The van der Waals surface area contributed by atoms with Crippen molar-refractivity contribution < 1.29 is 5.11 Å². The number of hydrogen-bond donors (Lipinski definition) is 1. The summed E-state index contributed by atoms with van der Waals surface area (Å²) in [5, 5.41) is 13.3. The Labute approximate surface area is 59.3 Å². The van der Waals surface area contributed by atoms with Crippen LogP contribution in [0.25, 0.3) is 0 Å². The van der Waals surface area contributed by atoms with Crippen LogP contribution in [0.1, 0.15) is 12.1 Å². The van der Waals surface area contributed by atoms with E-state index in [-0.39, 0.29) is 6.10 Å². The molecule has 0 amide bonds. The third kappa shape index (κ3) is 0.827. The van der Waals surface area contributed by atoms with E-state index in [4.69, 9.17) is 0 Å². The molecule has 0 radical (unpaired) electrons.